The van der Waals surface area contributed by atoms with E-state index >= 15 is 0 Å². The summed E-state index contributed by atoms with van der Waals surface area (Å²) in [6, 6.07) is 0.0264. The van der Waals surface area contributed by atoms with Gasteiger partial charge in [-0.2, -0.15) is 8.42 Å². The lowest BCUT2D eigenvalue weighted by atomic mass is 10.1. The molecule has 1 aromatic carbocycles. The molecule has 0 radical (unpaired) electrons. The first-order valence-corrected chi connectivity index (χ1v) is 6.08. The molecule has 1 atom stereocenters. The quantitative estimate of drug-likeness (QED) is 0.467. The van der Waals surface area contributed by atoms with Gasteiger partial charge in [-0.1, -0.05) is 3.89 Å². The minimum atomic E-state index is -5.17. The van der Waals surface area contributed by atoms with Gasteiger partial charge in [-0.3, -0.25) is 9.35 Å². The van der Waals surface area contributed by atoms with E-state index in [1.54, 1.807) is 0 Å². The Balaban J connectivity index is 0.000000621. The highest BCUT2D eigenvalue weighted by molar-refractivity contribution is 7.80. The minimum absolute atomic E-state index is 0.442. The number of carboxylic acids is 1. The highest BCUT2D eigenvalue weighted by Gasteiger charge is 2.18. The molecule has 114 valence electrons. The molecule has 20 heavy (non-hydrogen) atoms. The maximum Gasteiger partial charge on any atom is 0.435 e. The van der Waals surface area contributed by atoms with Crippen LogP contribution in [-0.2, 0) is 21.7 Å². The Labute approximate surface area is 111 Å². The number of phenols is 1. The van der Waals surface area contributed by atoms with Crippen molar-refractivity contribution in [3.05, 3.63) is 29.3 Å². The second kappa shape index (κ2) is 7.07. The third-order valence-electron chi connectivity index (χ3n) is 1.87. The van der Waals surface area contributed by atoms with Gasteiger partial charge in [-0.25, -0.2) is 8.78 Å². The third kappa shape index (κ3) is 7.56. The number of rotatable bonds is 3. The molecule has 5 N–H and O–H groups in total. The van der Waals surface area contributed by atoms with E-state index in [1.165, 1.54) is 0 Å². The standard InChI is InChI=1S/C9H9F2NO3.FHO3S/c10-6-1-4(13)2-7(11)5(6)3-8(12)9(14)15;1-5(2,3)4/h1-2,8,13H,3,12H2,(H,14,15);(H,2,3,4). The van der Waals surface area contributed by atoms with Crippen LogP contribution in [0.25, 0.3) is 0 Å². The summed E-state index contributed by atoms with van der Waals surface area (Å²) in [6.07, 6.45) is -0.465. The van der Waals surface area contributed by atoms with Crippen molar-refractivity contribution in [2.24, 2.45) is 5.73 Å². The fraction of sp³-hybridized carbons (Fsp3) is 0.222. The van der Waals surface area contributed by atoms with Crippen molar-refractivity contribution in [2.45, 2.75) is 12.5 Å². The summed E-state index contributed by atoms with van der Waals surface area (Å²) < 4.78 is 60.3. The zero-order valence-electron chi connectivity index (χ0n) is 9.63. The topological polar surface area (TPSA) is 138 Å². The van der Waals surface area contributed by atoms with E-state index in [-0.39, 0.29) is 0 Å². The van der Waals surface area contributed by atoms with E-state index in [4.69, 9.17) is 28.9 Å². The fourth-order valence-electron chi connectivity index (χ4n) is 1.09. The van der Waals surface area contributed by atoms with E-state index in [2.05, 4.69) is 0 Å². The summed E-state index contributed by atoms with van der Waals surface area (Å²) in [4.78, 5) is 10.4. The van der Waals surface area contributed by atoms with E-state index in [9.17, 15) is 17.5 Å². The Hall–Kier alpha value is -1.85. The Morgan fingerprint density at radius 1 is 1.30 bits per heavy atom. The van der Waals surface area contributed by atoms with Gasteiger partial charge >= 0.3 is 16.5 Å². The predicted octanol–water partition coefficient (Wildman–Crippen LogP) is 0.384. The van der Waals surface area contributed by atoms with Crippen molar-refractivity contribution < 1.29 is 40.6 Å². The first-order chi connectivity index (χ1) is 8.91. The molecule has 0 heterocycles. The van der Waals surface area contributed by atoms with Gasteiger partial charge in [0.1, 0.15) is 23.4 Å². The lowest BCUT2D eigenvalue weighted by Gasteiger charge is -2.08. The van der Waals surface area contributed by atoms with Crippen molar-refractivity contribution >= 4 is 16.5 Å². The number of phenolic OH excluding ortho intramolecular Hbond substituents is 1. The molecule has 0 spiro atoms. The number of halogens is 3. The summed E-state index contributed by atoms with van der Waals surface area (Å²) in [5.74, 6) is -3.92. The number of carbonyl (C=O) groups is 1. The first kappa shape index (κ1) is 18.1. The van der Waals surface area contributed by atoms with Crippen LogP contribution in [0.4, 0.5) is 12.7 Å². The lowest BCUT2D eigenvalue weighted by Crippen LogP contribution is -2.32. The summed E-state index contributed by atoms with van der Waals surface area (Å²) >= 11 is 0. The number of hydrogen-bond donors (Lipinski definition) is 4. The van der Waals surface area contributed by atoms with Crippen LogP contribution in [0.15, 0.2) is 12.1 Å². The monoisotopic (exact) mass is 317 g/mol. The van der Waals surface area contributed by atoms with Gasteiger partial charge in [0.2, 0.25) is 0 Å². The molecule has 1 aromatic rings. The van der Waals surface area contributed by atoms with Gasteiger partial charge in [-0.15, -0.1) is 0 Å². The van der Waals surface area contributed by atoms with Crippen molar-refractivity contribution in [3.8, 4) is 5.75 Å². The molecule has 0 saturated carbocycles. The van der Waals surface area contributed by atoms with Crippen molar-refractivity contribution in [1.29, 1.82) is 0 Å². The molecule has 0 amide bonds. The van der Waals surface area contributed by atoms with Gasteiger partial charge in [0, 0.05) is 24.1 Å². The largest absolute Gasteiger partial charge is 0.508 e. The smallest absolute Gasteiger partial charge is 0.435 e. The average Bonchev–Trinajstić information content (AvgIpc) is 2.20. The number of hydrogen-bond acceptors (Lipinski definition) is 5. The number of aromatic hydroxyl groups is 1. The van der Waals surface area contributed by atoms with Crippen LogP contribution in [-0.4, -0.2) is 35.2 Å². The molecule has 1 unspecified atom stereocenters. The maximum absolute atomic E-state index is 13.1. The Bertz CT molecular complexity index is 560. The molecule has 0 saturated heterocycles. The molecule has 0 aliphatic carbocycles. The highest BCUT2D eigenvalue weighted by atomic mass is 32.3. The molecule has 0 aliphatic heterocycles. The van der Waals surface area contributed by atoms with Crippen molar-refractivity contribution in [1.82, 2.24) is 0 Å². The molecule has 0 fully saturated rings. The fourth-order valence-corrected chi connectivity index (χ4v) is 1.09. The van der Waals surface area contributed by atoms with Gasteiger partial charge in [0.25, 0.3) is 0 Å². The van der Waals surface area contributed by atoms with Crippen molar-refractivity contribution in [2.75, 3.05) is 0 Å². The maximum atomic E-state index is 13.1. The Morgan fingerprint density at radius 2 is 1.65 bits per heavy atom. The Kier molecular flexibility index (Phi) is 6.42. The van der Waals surface area contributed by atoms with Crippen LogP contribution in [0, 0.1) is 11.6 Å². The number of carboxylic acid groups (broad SMARTS) is 1. The number of nitrogens with two attached hydrogens (primary N) is 1. The van der Waals surface area contributed by atoms with Crippen LogP contribution >= 0.6 is 0 Å². The van der Waals surface area contributed by atoms with E-state index in [0.29, 0.717) is 12.1 Å². The van der Waals surface area contributed by atoms with Gasteiger partial charge in [0.05, 0.1) is 0 Å². The number of benzene rings is 1. The van der Waals surface area contributed by atoms with Crippen molar-refractivity contribution in [3.63, 3.8) is 0 Å². The zero-order chi connectivity index (χ0) is 16.1. The van der Waals surface area contributed by atoms with E-state index < -0.39 is 51.9 Å². The summed E-state index contributed by atoms with van der Waals surface area (Å²) in [7, 11) is -5.17. The van der Waals surface area contributed by atoms with Crippen LogP contribution < -0.4 is 5.73 Å². The normalized spacial score (nSPS) is 12.2. The highest BCUT2D eigenvalue weighted by Crippen LogP contribution is 2.20. The summed E-state index contributed by atoms with van der Waals surface area (Å²) in [6.45, 7) is 0. The Morgan fingerprint density at radius 3 is 1.95 bits per heavy atom. The molecular weight excluding hydrogens is 307 g/mol. The number of aliphatic carboxylic acids is 1. The predicted molar refractivity (Wildman–Crippen MR) is 60.0 cm³/mol. The van der Waals surface area contributed by atoms with Crippen LogP contribution in [0.1, 0.15) is 5.56 Å². The van der Waals surface area contributed by atoms with Crippen LogP contribution in [0.3, 0.4) is 0 Å². The van der Waals surface area contributed by atoms with Crippen LogP contribution in [0.5, 0.6) is 5.75 Å². The molecule has 0 bridgehead atoms. The van der Waals surface area contributed by atoms with Crippen LogP contribution in [0.2, 0.25) is 0 Å². The SMILES string of the molecule is NC(Cc1c(F)cc(O)cc1F)C(=O)O.O=S(=O)(O)F. The third-order valence-corrected chi connectivity index (χ3v) is 1.87. The first-order valence-electron chi connectivity index (χ1n) is 4.74. The second-order valence-electron chi connectivity index (χ2n) is 3.45. The van der Waals surface area contributed by atoms with E-state index in [1.807, 2.05) is 0 Å². The molecule has 1 rings (SSSR count). The minimum Gasteiger partial charge on any atom is -0.508 e. The van der Waals surface area contributed by atoms with Gasteiger partial charge < -0.3 is 15.9 Å². The summed E-state index contributed by atoms with van der Waals surface area (Å²) in [5, 5.41) is 17.3. The molecular formula is C9H10F3NO6S. The average molecular weight is 317 g/mol. The molecule has 0 aliphatic rings. The molecule has 0 aromatic heterocycles. The zero-order valence-corrected chi connectivity index (χ0v) is 10.4. The van der Waals surface area contributed by atoms with Gasteiger partial charge in [-0.05, 0) is 0 Å². The van der Waals surface area contributed by atoms with Gasteiger partial charge in [0.15, 0.2) is 0 Å². The summed E-state index contributed by atoms with van der Waals surface area (Å²) in [5.41, 5.74) is 4.69. The van der Waals surface area contributed by atoms with E-state index in [0.717, 1.165) is 0 Å². The second-order valence-corrected chi connectivity index (χ2v) is 4.27. The molecule has 7 nitrogen and oxygen atoms in total. The lowest BCUT2D eigenvalue weighted by molar-refractivity contribution is -0.138. The molecule has 11 heteroatoms.